The summed E-state index contributed by atoms with van der Waals surface area (Å²) in [6.45, 7) is 1.71. The van der Waals surface area contributed by atoms with Gasteiger partial charge in [-0.15, -0.1) is 0 Å². The molecule has 10 heteroatoms. The number of carbonyl (C=O) groups is 1. The molecule has 0 aliphatic carbocycles. The largest absolute Gasteiger partial charge is 0.485 e. The third-order valence-corrected chi connectivity index (χ3v) is 5.20. The average Bonchev–Trinajstić information content (AvgIpc) is 3.13. The Bertz CT molecular complexity index is 1290. The van der Waals surface area contributed by atoms with Crippen LogP contribution in [0.5, 0.6) is 11.5 Å². The van der Waals surface area contributed by atoms with E-state index >= 15 is 0 Å². The summed E-state index contributed by atoms with van der Waals surface area (Å²) in [6.07, 6.45) is 0. The van der Waals surface area contributed by atoms with Gasteiger partial charge < -0.3 is 14.8 Å². The van der Waals surface area contributed by atoms with Crippen LogP contribution >= 0.6 is 22.9 Å². The predicted octanol–water partition coefficient (Wildman–Crippen LogP) is 3.71. The average molecular weight is 457 g/mol. The summed E-state index contributed by atoms with van der Waals surface area (Å²) in [6, 6.07) is 15.1. The molecule has 0 atom stereocenters. The van der Waals surface area contributed by atoms with Crippen LogP contribution in [0, 0.1) is 6.92 Å². The minimum atomic E-state index is -0.344. The molecule has 31 heavy (non-hydrogen) atoms. The number of anilines is 1. The van der Waals surface area contributed by atoms with E-state index in [1.807, 2.05) is 6.92 Å². The minimum absolute atomic E-state index is 0.0663. The third kappa shape index (κ3) is 5.19. The van der Waals surface area contributed by atoms with Crippen molar-refractivity contribution in [2.24, 2.45) is 0 Å². The van der Waals surface area contributed by atoms with Crippen molar-refractivity contribution in [3.8, 4) is 11.5 Å². The Morgan fingerprint density at radius 1 is 1.16 bits per heavy atom. The quantitative estimate of drug-likeness (QED) is 0.455. The first-order valence-corrected chi connectivity index (χ1v) is 10.4. The van der Waals surface area contributed by atoms with Crippen molar-refractivity contribution in [3.05, 3.63) is 80.7 Å². The molecule has 8 nitrogen and oxygen atoms in total. The molecule has 158 valence electrons. The van der Waals surface area contributed by atoms with E-state index in [1.165, 1.54) is 21.9 Å². The number of hydrogen-bond donors (Lipinski definition) is 1. The topological polar surface area (TPSA) is 94.8 Å². The number of fused-ring (bicyclic) bond motifs is 1. The smallest absolute Gasteiger partial charge is 0.275 e. The number of hydrogen-bond acceptors (Lipinski definition) is 7. The SMILES string of the molecule is Cc1nn2c(=O)cc(COc3ccccc3NC(=O)COc3ccc(Cl)cc3)nc2s1. The zero-order valence-electron chi connectivity index (χ0n) is 16.4. The number of para-hydroxylation sites is 2. The van der Waals surface area contributed by atoms with Crippen molar-refractivity contribution in [3.63, 3.8) is 0 Å². The van der Waals surface area contributed by atoms with Crippen molar-refractivity contribution < 1.29 is 14.3 Å². The number of nitrogens with zero attached hydrogens (tertiary/aromatic N) is 3. The van der Waals surface area contributed by atoms with Crippen molar-refractivity contribution in [1.29, 1.82) is 0 Å². The number of ether oxygens (including phenoxy) is 2. The lowest BCUT2D eigenvalue weighted by molar-refractivity contribution is -0.118. The molecule has 0 fully saturated rings. The van der Waals surface area contributed by atoms with Crippen LogP contribution in [0.25, 0.3) is 4.96 Å². The number of benzene rings is 2. The zero-order valence-corrected chi connectivity index (χ0v) is 17.9. The van der Waals surface area contributed by atoms with Gasteiger partial charge in [0.2, 0.25) is 4.96 Å². The molecule has 0 aliphatic rings. The number of rotatable bonds is 7. The lowest BCUT2D eigenvalue weighted by Crippen LogP contribution is -2.20. The van der Waals surface area contributed by atoms with Gasteiger partial charge >= 0.3 is 0 Å². The summed E-state index contributed by atoms with van der Waals surface area (Å²) in [5, 5.41) is 8.21. The molecule has 2 heterocycles. The molecule has 0 radical (unpaired) electrons. The highest BCUT2D eigenvalue weighted by molar-refractivity contribution is 7.16. The van der Waals surface area contributed by atoms with Gasteiger partial charge in [-0.05, 0) is 43.3 Å². The van der Waals surface area contributed by atoms with Crippen LogP contribution in [0.4, 0.5) is 5.69 Å². The Labute approximate surface area is 186 Å². The summed E-state index contributed by atoms with van der Waals surface area (Å²) in [5.41, 5.74) is 0.688. The molecule has 4 rings (SSSR count). The fourth-order valence-corrected chi connectivity index (χ4v) is 3.63. The van der Waals surface area contributed by atoms with Crippen LogP contribution in [0.1, 0.15) is 10.7 Å². The van der Waals surface area contributed by atoms with E-state index in [9.17, 15) is 9.59 Å². The fourth-order valence-electron chi connectivity index (χ4n) is 2.74. The molecule has 0 saturated carbocycles. The second-order valence-corrected chi connectivity index (χ2v) is 8.07. The van der Waals surface area contributed by atoms with Gasteiger partial charge in [0.15, 0.2) is 6.61 Å². The lowest BCUT2D eigenvalue weighted by Gasteiger charge is -2.12. The highest BCUT2D eigenvalue weighted by atomic mass is 35.5. The number of amides is 1. The second-order valence-electron chi connectivity index (χ2n) is 6.48. The molecule has 1 amide bonds. The van der Waals surface area contributed by atoms with Crippen LogP contribution < -0.4 is 20.3 Å². The van der Waals surface area contributed by atoms with Gasteiger partial charge in [0.05, 0.1) is 11.4 Å². The highest BCUT2D eigenvalue weighted by Gasteiger charge is 2.11. The van der Waals surface area contributed by atoms with Crippen molar-refractivity contribution in [2.75, 3.05) is 11.9 Å². The Morgan fingerprint density at radius 2 is 1.94 bits per heavy atom. The molecule has 0 unspecified atom stereocenters. The van der Waals surface area contributed by atoms with E-state index < -0.39 is 0 Å². The van der Waals surface area contributed by atoms with Gasteiger partial charge in [-0.2, -0.15) is 9.61 Å². The first kappa shape index (κ1) is 20.8. The van der Waals surface area contributed by atoms with Gasteiger partial charge in [0.25, 0.3) is 11.5 Å². The third-order valence-electron chi connectivity index (χ3n) is 4.12. The van der Waals surface area contributed by atoms with Gasteiger partial charge in [0, 0.05) is 11.1 Å². The van der Waals surface area contributed by atoms with Gasteiger partial charge in [-0.25, -0.2) is 4.98 Å². The number of aromatic nitrogens is 3. The summed E-state index contributed by atoms with van der Waals surface area (Å²) in [7, 11) is 0. The summed E-state index contributed by atoms with van der Waals surface area (Å²) >= 11 is 7.16. The Balaban J connectivity index is 1.40. The van der Waals surface area contributed by atoms with Crippen molar-refractivity contribution in [2.45, 2.75) is 13.5 Å². The van der Waals surface area contributed by atoms with Gasteiger partial charge in [-0.3, -0.25) is 9.59 Å². The second kappa shape index (κ2) is 9.15. The normalized spacial score (nSPS) is 10.8. The summed E-state index contributed by atoms with van der Waals surface area (Å²) < 4.78 is 12.5. The molecule has 1 N–H and O–H groups in total. The maximum Gasteiger partial charge on any atom is 0.275 e. The fraction of sp³-hybridized carbons (Fsp3) is 0.143. The van der Waals surface area contributed by atoms with E-state index in [0.29, 0.717) is 32.9 Å². The predicted molar refractivity (Wildman–Crippen MR) is 118 cm³/mol. The number of aryl methyl sites for hydroxylation is 1. The Kier molecular flexibility index (Phi) is 6.15. The summed E-state index contributed by atoms with van der Waals surface area (Å²) in [4.78, 5) is 29.4. The van der Waals surface area contributed by atoms with Crippen molar-refractivity contribution >= 4 is 39.5 Å². The van der Waals surface area contributed by atoms with Crippen LogP contribution in [-0.2, 0) is 11.4 Å². The van der Waals surface area contributed by atoms with E-state index in [2.05, 4.69) is 15.4 Å². The molecular weight excluding hydrogens is 440 g/mol. The Hall–Kier alpha value is -3.43. The van der Waals surface area contributed by atoms with Crippen LogP contribution in [-0.4, -0.2) is 27.1 Å². The number of halogens is 1. The first-order chi connectivity index (χ1) is 15.0. The van der Waals surface area contributed by atoms with E-state index in [0.717, 1.165) is 5.01 Å². The molecule has 0 aliphatic heterocycles. The minimum Gasteiger partial charge on any atom is -0.485 e. The van der Waals surface area contributed by atoms with Crippen LogP contribution in [0.15, 0.2) is 59.4 Å². The van der Waals surface area contributed by atoms with E-state index in [4.69, 9.17) is 21.1 Å². The highest BCUT2D eigenvalue weighted by Crippen LogP contribution is 2.25. The Morgan fingerprint density at radius 3 is 2.74 bits per heavy atom. The van der Waals surface area contributed by atoms with Gasteiger partial charge in [0.1, 0.15) is 23.1 Å². The standard InChI is InChI=1S/C21H17ClN4O4S/c1-13-25-26-20(28)10-15(23-21(26)31-13)11-30-18-5-3-2-4-17(18)24-19(27)12-29-16-8-6-14(22)7-9-16/h2-10H,11-12H2,1H3,(H,24,27). The molecule has 0 saturated heterocycles. The van der Waals surface area contributed by atoms with Gasteiger partial charge in [-0.1, -0.05) is 35.1 Å². The molecule has 0 spiro atoms. The molecule has 4 aromatic rings. The number of nitrogens with one attached hydrogen (secondary N) is 1. The maximum absolute atomic E-state index is 12.3. The van der Waals surface area contributed by atoms with Crippen LogP contribution in [0.2, 0.25) is 5.02 Å². The summed E-state index contributed by atoms with van der Waals surface area (Å²) in [5.74, 6) is 0.642. The number of carbonyl (C=O) groups excluding carboxylic acids is 1. The van der Waals surface area contributed by atoms with Crippen LogP contribution in [0.3, 0.4) is 0 Å². The van der Waals surface area contributed by atoms with E-state index in [1.54, 1.807) is 48.5 Å². The molecular formula is C21H17ClN4O4S. The van der Waals surface area contributed by atoms with Crippen molar-refractivity contribution in [1.82, 2.24) is 14.6 Å². The molecule has 2 aromatic heterocycles. The molecule has 2 aromatic carbocycles. The monoisotopic (exact) mass is 456 g/mol. The zero-order chi connectivity index (χ0) is 21.8. The first-order valence-electron chi connectivity index (χ1n) is 9.24. The lowest BCUT2D eigenvalue weighted by atomic mass is 10.3. The maximum atomic E-state index is 12.3. The van der Waals surface area contributed by atoms with E-state index in [-0.39, 0.29) is 24.7 Å². The molecule has 0 bridgehead atoms.